The van der Waals surface area contributed by atoms with Gasteiger partial charge in [0.25, 0.3) is 0 Å². The summed E-state index contributed by atoms with van der Waals surface area (Å²) < 4.78 is 16.2. The van der Waals surface area contributed by atoms with Crippen LogP contribution in [-0.2, 0) is 9.47 Å². The number of ketones is 1. The minimum absolute atomic E-state index is 0.0877. The van der Waals surface area contributed by atoms with Crippen LogP contribution in [0.15, 0.2) is 71.2 Å². The first-order valence-corrected chi connectivity index (χ1v) is 10.7. The predicted molar refractivity (Wildman–Crippen MR) is 123 cm³/mol. The molecule has 1 fully saturated rings. The molecule has 2 heterocycles. The minimum atomic E-state index is -0.349. The molecule has 2 aromatic carbocycles. The highest BCUT2D eigenvalue weighted by Gasteiger charge is 2.12. The summed E-state index contributed by atoms with van der Waals surface area (Å²) in [5.41, 5.74) is 3.05. The molecule has 32 heavy (non-hydrogen) atoms. The number of ether oxygens (including phenoxy) is 2. The van der Waals surface area contributed by atoms with Crippen molar-refractivity contribution in [1.29, 1.82) is 0 Å². The van der Waals surface area contributed by atoms with Gasteiger partial charge in [-0.1, -0.05) is 12.1 Å². The van der Waals surface area contributed by atoms with E-state index in [-0.39, 0.29) is 11.8 Å². The van der Waals surface area contributed by atoms with Gasteiger partial charge in [-0.2, -0.15) is 0 Å². The van der Waals surface area contributed by atoms with Gasteiger partial charge in [-0.15, -0.1) is 0 Å². The number of rotatable bonds is 7. The molecule has 0 spiro atoms. The van der Waals surface area contributed by atoms with Crippen molar-refractivity contribution in [2.75, 3.05) is 37.8 Å². The van der Waals surface area contributed by atoms with Crippen LogP contribution < -0.4 is 4.90 Å². The fourth-order valence-electron chi connectivity index (χ4n) is 3.49. The molecule has 0 bridgehead atoms. The third-order valence-electron chi connectivity index (χ3n) is 5.23. The predicted octanol–water partition coefficient (Wildman–Crippen LogP) is 4.86. The van der Waals surface area contributed by atoms with Crippen LogP contribution in [0.2, 0.25) is 0 Å². The van der Waals surface area contributed by atoms with E-state index in [1.54, 1.807) is 43.3 Å². The Labute approximate surface area is 187 Å². The van der Waals surface area contributed by atoms with Gasteiger partial charge < -0.3 is 18.8 Å². The highest BCUT2D eigenvalue weighted by Crippen LogP contribution is 2.24. The van der Waals surface area contributed by atoms with Gasteiger partial charge in [-0.25, -0.2) is 4.79 Å². The molecule has 0 amide bonds. The van der Waals surface area contributed by atoms with Crippen LogP contribution in [0, 0.1) is 0 Å². The first kappa shape index (κ1) is 21.6. The third-order valence-corrected chi connectivity index (χ3v) is 5.23. The van der Waals surface area contributed by atoms with Gasteiger partial charge in [-0.3, -0.25) is 4.79 Å². The zero-order valence-corrected chi connectivity index (χ0v) is 18.0. The average Bonchev–Trinajstić information content (AvgIpc) is 3.32. The van der Waals surface area contributed by atoms with Crippen molar-refractivity contribution in [3.05, 3.63) is 83.6 Å². The average molecular weight is 431 g/mol. The molecule has 1 aliphatic heterocycles. The van der Waals surface area contributed by atoms with Gasteiger partial charge >= 0.3 is 5.97 Å². The lowest BCUT2D eigenvalue weighted by atomic mass is 10.1. The van der Waals surface area contributed by atoms with Crippen LogP contribution in [0.25, 0.3) is 17.4 Å². The molecule has 0 unspecified atom stereocenters. The Morgan fingerprint density at radius 1 is 0.938 bits per heavy atom. The largest absolute Gasteiger partial charge is 0.462 e. The van der Waals surface area contributed by atoms with Gasteiger partial charge in [-0.05, 0) is 67.6 Å². The molecule has 1 aromatic heterocycles. The maximum atomic E-state index is 12.5. The quantitative estimate of drug-likeness (QED) is 0.302. The zero-order chi connectivity index (χ0) is 22.3. The van der Waals surface area contributed by atoms with Crippen LogP contribution in [-0.4, -0.2) is 44.7 Å². The topological polar surface area (TPSA) is 69.0 Å². The van der Waals surface area contributed by atoms with Crippen molar-refractivity contribution < 1.29 is 23.5 Å². The molecule has 0 atom stereocenters. The summed E-state index contributed by atoms with van der Waals surface area (Å²) in [6.45, 7) is 5.29. The highest BCUT2D eigenvalue weighted by molar-refractivity contribution is 6.06. The fourth-order valence-corrected chi connectivity index (χ4v) is 3.49. The summed E-state index contributed by atoms with van der Waals surface area (Å²) in [6, 6.07) is 18.3. The van der Waals surface area contributed by atoms with Crippen molar-refractivity contribution in [2.45, 2.75) is 6.92 Å². The highest BCUT2D eigenvalue weighted by atomic mass is 16.5. The van der Waals surface area contributed by atoms with E-state index in [1.165, 1.54) is 6.08 Å². The Balaban J connectivity index is 1.39. The summed E-state index contributed by atoms with van der Waals surface area (Å²) in [6.07, 6.45) is 3.17. The van der Waals surface area contributed by atoms with Crippen LogP contribution in [0.1, 0.15) is 33.4 Å². The van der Waals surface area contributed by atoms with Crippen molar-refractivity contribution in [3.63, 3.8) is 0 Å². The number of furan rings is 1. The fraction of sp³-hybridized carbons (Fsp3) is 0.231. The summed E-state index contributed by atoms with van der Waals surface area (Å²) >= 11 is 0. The number of carbonyl (C=O) groups is 2. The Morgan fingerprint density at radius 2 is 1.62 bits per heavy atom. The molecular weight excluding hydrogens is 406 g/mol. The lowest BCUT2D eigenvalue weighted by Gasteiger charge is -2.28. The second-order valence-corrected chi connectivity index (χ2v) is 7.34. The summed E-state index contributed by atoms with van der Waals surface area (Å²) in [4.78, 5) is 26.5. The number of morpholine rings is 1. The van der Waals surface area contributed by atoms with Crippen molar-refractivity contribution in [3.8, 4) is 11.3 Å². The van der Waals surface area contributed by atoms with E-state index in [4.69, 9.17) is 13.9 Å². The molecule has 0 N–H and O–H groups in total. The third kappa shape index (κ3) is 5.15. The lowest BCUT2D eigenvalue weighted by molar-refractivity contribution is 0.0526. The molecule has 3 aromatic rings. The molecule has 4 rings (SSSR count). The minimum Gasteiger partial charge on any atom is -0.462 e. The van der Waals surface area contributed by atoms with E-state index in [1.807, 2.05) is 30.3 Å². The maximum absolute atomic E-state index is 12.5. The molecule has 164 valence electrons. The molecular formula is C26H25NO5. The number of carbonyl (C=O) groups excluding carboxylic acids is 2. The van der Waals surface area contributed by atoms with Gasteiger partial charge in [0.2, 0.25) is 0 Å². The SMILES string of the molecule is CCOC(=O)c1ccc(-c2ccc(/C=C\C(=O)c3ccc(N4CCOCC4)cc3)o2)cc1. The van der Waals surface area contributed by atoms with Gasteiger partial charge in [0.1, 0.15) is 11.5 Å². The van der Waals surface area contributed by atoms with Crippen LogP contribution in [0.4, 0.5) is 5.69 Å². The number of hydrogen-bond acceptors (Lipinski definition) is 6. The Bertz CT molecular complexity index is 1090. The Hall–Kier alpha value is -3.64. The number of benzene rings is 2. The Kier molecular flexibility index (Phi) is 6.82. The first-order valence-electron chi connectivity index (χ1n) is 10.7. The molecule has 0 radical (unpaired) electrons. The van der Waals surface area contributed by atoms with Crippen LogP contribution in [0.5, 0.6) is 0 Å². The van der Waals surface area contributed by atoms with E-state index in [0.717, 1.165) is 37.6 Å². The second-order valence-electron chi connectivity index (χ2n) is 7.34. The maximum Gasteiger partial charge on any atom is 0.338 e. The van der Waals surface area contributed by atoms with Gasteiger partial charge in [0.15, 0.2) is 5.78 Å². The van der Waals surface area contributed by atoms with Crippen molar-refractivity contribution in [1.82, 2.24) is 0 Å². The first-order chi connectivity index (χ1) is 15.6. The van der Waals surface area contributed by atoms with E-state index < -0.39 is 0 Å². The number of anilines is 1. The molecule has 6 heteroatoms. The molecule has 0 aliphatic carbocycles. The van der Waals surface area contributed by atoms with Crippen molar-refractivity contribution in [2.24, 2.45) is 0 Å². The molecule has 6 nitrogen and oxygen atoms in total. The molecule has 1 aliphatic rings. The smallest absolute Gasteiger partial charge is 0.338 e. The van der Waals surface area contributed by atoms with E-state index >= 15 is 0 Å². The second kappa shape index (κ2) is 10.1. The standard InChI is InChI=1S/C26H25NO5/c1-2-31-26(29)21-5-3-20(4-6-21)25-14-12-23(32-25)11-13-24(28)19-7-9-22(10-8-19)27-15-17-30-18-16-27/h3-14H,2,15-18H2,1H3/b13-11-. The number of esters is 1. The number of nitrogens with zero attached hydrogens (tertiary/aromatic N) is 1. The monoisotopic (exact) mass is 431 g/mol. The number of allylic oxidation sites excluding steroid dienone is 1. The molecule has 1 saturated heterocycles. The van der Waals surface area contributed by atoms with Crippen LogP contribution >= 0.6 is 0 Å². The summed E-state index contributed by atoms with van der Waals surface area (Å²) in [5, 5.41) is 0. The zero-order valence-electron chi connectivity index (χ0n) is 18.0. The van der Waals surface area contributed by atoms with E-state index in [9.17, 15) is 9.59 Å². The summed E-state index contributed by atoms with van der Waals surface area (Å²) in [5.74, 6) is 0.795. The normalized spacial score (nSPS) is 14.0. The van der Waals surface area contributed by atoms with Gasteiger partial charge in [0.05, 0.1) is 25.4 Å². The summed E-state index contributed by atoms with van der Waals surface area (Å²) in [7, 11) is 0. The number of hydrogen-bond donors (Lipinski definition) is 0. The van der Waals surface area contributed by atoms with E-state index in [2.05, 4.69) is 4.90 Å². The van der Waals surface area contributed by atoms with Gasteiger partial charge in [0, 0.05) is 29.9 Å². The lowest BCUT2D eigenvalue weighted by Crippen LogP contribution is -2.36. The molecule has 0 saturated carbocycles. The van der Waals surface area contributed by atoms with Crippen molar-refractivity contribution >= 4 is 23.5 Å². The Morgan fingerprint density at radius 3 is 2.31 bits per heavy atom. The van der Waals surface area contributed by atoms with E-state index in [0.29, 0.717) is 29.3 Å². The van der Waals surface area contributed by atoms with Crippen LogP contribution in [0.3, 0.4) is 0 Å².